The number of carboxylic acids is 1. The van der Waals surface area contributed by atoms with E-state index in [0.29, 0.717) is 38.2 Å². The summed E-state index contributed by atoms with van der Waals surface area (Å²) in [6.07, 6.45) is 3.48. The summed E-state index contributed by atoms with van der Waals surface area (Å²) in [4.78, 5) is 40.7. The van der Waals surface area contributed by atoms with Crippen molar-refractivity contribution in [2.24, 2.45) is 0 Å². The number of nitrogens with one attached hydrogen (secondary N) is 2. The van der Waals surface area contributed by atoms with Gasteiger partial charge in [0, 0.05) is 38.1 Å². The van der Waals surface area contributed by atoms with Crippen LogP contribution in [0.3, 0.4) is 0 Å². The Morgan fingerprint density at radius 1 is 1.24 bits per heavy atom. The lowest BCUT2D eigenvalue weighted by molar-refractivity contribution is -0.126. The zero-order valence-electron chi connectivity index (χ0n) is 18.7. The Bertz CT molecular complexity index is 975. The van der Waals surface area contributed by atoms with Gasteiger partial charge in [-0.25, -0.2) is 4.79 Å². The van der Waals surface area contributed by atoms with E-state index in [1.165, 1.54) is 0 Å². The number of nitrogens with zero attached hydrogens (tertiary/aromatic N) is 2. The molecule has 4 rings (SSSR count). The van der Waals surface area contributed by atoms with Crippen LogP contribution in [0.1, 0.15) is 40.9 Å². The number of rotatable bonds is 8. The number of likely N-dealkylation sites (tertiary alicyclic amines) is 1. The second-order valence-electron chi connectivity index (χ2n) is 8.73. The average molecular weight is 455 g/mol. The van der Waals surface area contributed by atoms with E-state index >= 15 is 0 Å². The van der Waals surface area contributed by atoms with Crippen molar-refractivity contribution in [3.63, 3.8) is 0 Å². The Labute approximate surface area is 192 Å². The molecular weight excluding hydrogens is 424 g/mol. The van der Waals surface area contributed by atoms with Crippen LogP contribution >= 0.6 is 0 Å². The predicted molar refractivity (Wildman–Crippen MR) is 120 cm³/mol. The summed E-state index contributed by atoms with van der Waals surface area (Å²) in [7, 11) is 2.04. The highest BCUT2D eigenvalue weighted by Crippen LogP contribution is 2.28. The van der Waals surface area contributed by atoms with E-state index in [1.807, 2.05) is 13.1 Å². The first-order valence-corrected chi connectivity index (χ1v) is 11.3. The zero-order chi connectivity index (χ0) is 23.4. The fourth-order valence-electron chi connectivity index (χ4n) is 4.80. The fourth-order valence-corrected chi connectivity index (χ4v) is 4.80. The maximum atomic E-state index is 13.0. The minimum absolute atomic E-state index is 0.0104. The van der Waals surface area contributed by atoms with Crippen molar-refractivity contribution < 1.29 is 23.9 Å². The van der Waals surface area contributed by atoms with Gasteiger partial charge in [0.1, 0.15) is 11.8 Å². The molecule has 2 aliphatic heterocycles. The van der Waals surface area contributed by atoms with Gasteiger partial charge in [0.2, 0.25) is 11.8 Å². The second-order valence-corrected chi connectivity index (χ2v) is 8.73. The molecule has 2 aliphatic rings. The van der Waals surface area contributed by atoms with Gasteiger partial charge in [0.05, 0.1) is 18.4 Å². The van der Waals surface area contributed by atoms with Crippen LogP contribution in [0.25, 0.3) is 0 Å². The molecule has 3 heterocycles. The summed E-state index contributed by atoms with van der Waals surface area (Å²) in [5.41, 5.74) is 1.23. The van der Waals surface area contributed by atoms with Crippen LogP contribution < -0.4 is 10.6 Å². The largest absolute Gasteiger partial charge is 0.478 e. The van der Waals surface area contributed by atoms with Gasteiger partial charge in [-0.1, -0.05) is 12.1 Å². The number of hydrogen-bond acceptors (Lipinski definition) is 6. The van der Waals surface area contributed by atoms with Crippen LogP contribution in [0.4, 0.5) is 0 Å². The molecule has 1 aromatic carbocycles. The van der Waals surface area contributed by atoms with Crippen LogP contribution in [0.15, 0.2) is 47.1 Å². The van der Waals surface area contributed by atoms with Crippen LogP contribution in [-0.4, -0.2) is 71.0 Å². The van der Waals surface area contributed by atoms with Gasteiger partial charge in [-0.05, 0) is 49.7 Å². The van der Waals surface area contributed by atoms with E-state index in [2.05, 4.69) is 20.4 Å². The standard InChI is InChI=1S/C24H30N4O5/c1-27-18(8-9-21(29)25-14-19-3-2-12-33-19)13-26-23(30)22-20(27)10-11-28(22)15-16-4-6-17(7-5-16)24(31)32/h2-7,12,18,20,22H,8-11,13-15H2,1H3,(H,25,29)(H,26,30)(H,31,32)/t18-,20+,22-/m0/s1. The van der Waals surface area contributed by atoms with E-state index in [-0.39, 0.29) is 35.5 Å². The van der Waals surface area contributed by atoms with Gasteiger partial charge in [0.25, 0.3) is 0 Å². The lowest BCUT2D eigenvalue weighted by atomic mass is 10.0. The molecule has 0 aliphatic carbocycles. The molecular formula is C24H30N4O5. The molecule has 9 nitrogen and oxygen atoms in total. The van der Waals surface area contributed by atoms with Crippen LogP contribution in [0.2, 0.25) is 0 Å². The first-order chi connectivity index (χ1) is 15.9. The monoisotopic (exact) mass is 454 g/mol. The number of likely N-dealkylation sites (N-methyl/N-ethyl adjacent to an activating group) is 1. The second kappa shape index (κ2) is 10.2. The van der Waals surface area contributed by atoms with Crippen molar-refractivity contribution in [1.29, 1.82) is 0 Å². The van der Waals surface area contributed by atoms with Gasteiger partial charge in [0.15, 0.2) is 0 Å². The van der Waals surface area contributed by atoms with Gasteiger partial charge in [-0.2, -0.15) is 0 Å². The van der Waals surface area contributed by atoms with Crippen LogP contribution in [-0.2, 0) is 22.7 Å². The van der Waals surface area contributed by atoms with Crippen LogP contribution in [0, 0.1) is 0 Å². The molecule has 3 atom stereocenters. The average Bonchev–Trinajstić information content (AvgIpc) is 3.45. The quantitative estimate of drug-likeness (QED) is 0.553. The summed E-state index contributed by atoms with van der Waals surface area (Å²) in [5.74, 6) is -0.261. The minimum Gasteiger partial charge on any atom is -0.478 e. The summed E-state index contributed by atoms with van der Waals surface area (Å²) in [6.45, 7) is 2.25. The lowest BCUT2D eigenvalue weighted by Gasteiger charge is -2.33. The highest BCUT2D eigenvalue weighted by molar-refractivity contribution is 5.87. The summed E-state index contributed by atoms with van der Waals surface area (Å²) in [5, 5.41) is 15.0. The molecule has 2 saturated heterocycles. The maximum absolute atomic E-state index is 13.0. The number of benzene rings is 1. The Hall–Kier alpha value is -3.17. The number of carbonyl (C=O) groups excluding carboxylic acids is 2. The van der Waals surface area contributed by atoms with Gasteiger partial charge in [-0.3, -0.25) is 19.4 Å². The number of carboxylic acid groups (broad SMARTS) is 1. The molecule has 0 bridgehead atoms. The molecule has 0 radical (unpaired) electrons. The zero-order valence-corrected chi connectivity index (χ0v) is 18.7. The first-order valence-electron chi connectivity index (χ1n) is 11.3. The molecule has 2 amide bonds. The normalized spacial score (nSPS) is 23.5. The van der Waals surface area contributed by atoms with Crippen molar-refractivity contribution in [3.8, 4) is 0 Å². The molecule has 0 saturated carbocycles. The van der Waals surface area contributed by atoms with Crippen molar-refractivity contribution in [3.05, 3.63) is 59.5 Å². The molecule has 2 fully saturated rings. The molecule has 9 heteroatoms. The Kier molecular flexibility index (Phi) is 7.10. The van der Waals surface area contributed by atoms with E-state index in [1.54, 1.807) is 36.6 Å². The lowest BCUT2D eigenvalue weighted by Crippen LogP contribution is -2.49. The first kappa shape index (κ1) is 23.0. The highest BCUT2D eigenvalue weighted by atomic mass is 16.4. The van der Waals surface area contributed by atoms with E-state index < -0.39 is 5.97 Å². The van der Waals surface area contributed by atoms with Gasteiger partial charge < -0.3 is 20.2 Å². The number of hydrogen-bond donors (Lipinski definition) is 3. The van der Waals surface area contributed by atoms with Crippen molar-refractivity contribution in [2.45, 2.75) is 50.5 Å². The molecule has 2 aromatic rings. The SMILES string of the molecule is CN1[C@@H](CCC(=O)NCc2ccco2)CNC(=O)[C@@H]2[C@H]1CCN2Cc1ccc(C(=O)O)cc1. The number of furan rings is 1. The summed E-state index contributed by atoms with van der Waals surface area (Å²) in [6, 6.07) is 10.3. The summed E-state index contributed by atoms with van der Waals surface area (Å²) >= 11 is 0. The molecule has 33 heavy (non-hydrogen) atoms. The highest BCUT2D eigenvalue weighted by Gasteiger charge is 2.44. The van der Waals surface area contributed by atoms with Crippen LogP contribution in [0.5, 0.6) is 0 Å². The third kappa shape index (κ3) is 5.43. The number of aromatic carboxylic acids is 1. The van der Waals surface area contributed by atoms with Crippen molar-refractivity contribution in [2.75, 3.05) is 20.1 Å². The summed E-state index contributed by atoms with van der Waals surface area (Å²) < 4.78 is 5.24. The predicted octanol–water partition coefficient (Wildman–Crippen LogP) is 1.45. The number of amides is 2. The molecule has 3 N–H and O–H groups in total. The maximum Gasteiger partial charge on any atom is 0.335 e. The minimum atomic E-state index is -0.951. The number of fused-ring (bicyclic) bond motifs is 1. The number of carbonyl (C=O) groups is 3. The Morgan fingerprint density at radius 2 is 2.03 bits per heavy atom. The van der Waals surface area contributed by atoms with Crippen molar-refractivity contribution >= 4 is 17.8 Å². The fraction of sp³-hybridized carbons (Fsp3) is 0.458. The Balaban J connectivity index is 1.33. The van der Waals surface area contributed by atoms with E-state index in [0.717, 1.165) is 18.5 Å². The smallest absolute Gasteiger partial charge is 0.335 e. The van der Waals surface area contributed by atoms with Gasteiger partial charge >= 0.3 is 5.97 Å². The molecule has 1 aromatic heterocycles. The molecule has 176 valence electrons. The molecule has 0 spiro atoms. The topological polar surface area (TPSA) is 115 Å². The molecule has 0 unspecified atom stereocenters. The third-order valence-electron chi connectivity index (χ3n) is 6.68. The van der Waals surface area contributed by atoms with Gasteiger partial charge in [-0.15, -0.1) is 0 Å². The third-order valence-corrected chi connectivity index (χ3v) is 6.68. The van der Waals surface area contributed by atoms with Crippen molar-refractivity contribution in [1.82, 2.24) is 20.4 Å². The Morgan fingerprint density at radius 3 is 2.73 bits per heavy atom. The van der Waals surface area contributed by atoms with E-state index in [9.17, 15) is 14.4 Å². The van der Waals surface area contributed by atoms with E-state index in [4.69, 9.17) is 9.52 Å².